The number of anilines is 3. The monoisotopic (exact) mass is 611 g/mol. The summed E-state index contributed by atoms with van der Waals surface area (Å²) in [6.07, 6.45) is 5.08. The molecule has 0 atom stereocenters. The van der Waals surface area contributed by atoms with Crippen molar-refractivity contribution in [1.82, 2.24) is 23.8 Å². The highest BCUT2D eigenvalue weighted by Crippen LogP contribution is 2.35. The minimum absolute atomic E-state index is 0.239. The second-order valence-electron chi connectivity index (χ2n) is 11.1. The molecule has 2 aromatic heterocycles. The van der Waals surface area contributed by atoms with Gasteiger partial charge in [0.1, 0.15) is 17.2 Å². The maximum atomic E-state index is 14.9. The van der Waals surface area contributed by atoms with Gasteiger partial charge in [-0.3, -0.25) is 0 Å². The van der Waals surface area contributed by atoms with Gasteiger partial charge in [0.25, 0.3) is 0 Å². The van der Waals surface area contributed by atoms with Crippen LogP contribution in [0.2, 0.25) is 0 Å². The number of fused-ring (bicyclic) bond motifs is 1. The molecule has 228 valence electrons. The van der Waals surface area contributed by atoms with E-state index in [0.29, 0.717) is 48.8 Å². The summed E-state index contributed by atoms with van der Waals surface area (Å²) in [6.45, 7) is 6.06. The average Bonchev–Trinajstić information content (AvgIpc) is 3.41. The minimum atomic E-state index is -4.09. The van der Waals surface area contributed by atoms with Gasteiger partial charge < -0.3 is 24.1 Å². The smallest absolute Gasteiger partial charge is 0.422 e. The van der Waals surface area contributed by atoms with Crippen molar-refractivity contribution in [3.63, 3.8) is 0 Å². The van der Waals surface area contributed by atoms with Gasteiger partial charge in [-0.1, -0.05) is 18.2 Å². The van der Waals surface area contributed by atoms with E-state index in [0.717, 1.165) is 11.4 Å². The number of methoxy groups -OCH3 is 1. The van der Waals surface area contributed by atoms with Crippen molar-refractivity contribution >= 4 is 39.1 Å². The summed E-state index contributed by atoms with van der Waals surface area (Å²) in [5.74, 6) is 0.326. The topological polar surface area (TPSA) is 139 Å². The summed E-state index contributed by atoms with van der Waals surface area (Å²) in [5, 5.41) is 3.38. The van der Waals surface area contributed by atoms with Crippen LogP contribution in [0.25, 0.3) is 16.9 Å². The van der Waals surface area contributed by atoms with Crippen LogP contribution >= 0.6 is 0 Å². The lowest BCUT2D eigenvalue weighted by molar-refractivity contribution is 0.0569. The first kappa shape index (κ1) is 30.0. The van der Waals surface area contributed by atoms with Crippen molar-refractivity contribution in [2.24, 2.45) is 0 Å². The van der Waals surface area contributed by atoms with Gasteiger partial charge in [0.05, 0.1) is 29.7 Å². The second-order valence-corrected chi connectivity index (χ2v) is 12.5. The molecule has 3 heterocycles. The molecule has 0 spiro atoms. The van der Waals surface area contributed by atoms with E-state index in [2.05, 4.69) is 19.9 Å². The zero-order valence-corrected chi connectivity index (χ0v) is 25.1. The molecular weight excluding hydrogens is 577 g/mol. The molecule has 1 fully saturated rings. The van der Waals surface area contributed by atoms with Crippen molar-refractivity contribution in [2.75, 3.05) is 30.4 Å². The molecule has 0 aliphatic carbocycles. The van der Waals surface area contributed by atoms with Gasteiger partial charge in [0.15, 0.2) is 11.5 Å². The summed E-state index contributed by atoms with van der Waals surface area (Å²) < 4.78 is 56.6. The number of nitrogens with one attached hydrogen (secondary N) is 3. The number of ether oxygens (including phenoxy) is 2. The fourth-order valence-electron chi connectivity index (χ4n) is 4.94. The number of benzene rings is 2. The Morgan fingerprint density at radius 3 is 2.56 bits per heavy atom. The Hall–Kier alpha value is -4.43. The Morgan fingerprint density at radius 2 is 1.84 bits per heavy atom. The predicted octanol–water partition coefficient (Wildman–Crippen LogP) is 4.62. The Morgan fingerprint density at radius 1 is 1.09 bits per heavy atom. The molecule has 3 N–H and O–H groups in total. The first-order valence-corrected chi connectivity index (χ1v) is 15.2. The molecule has 43 heavy (non-hydrogen) atoms. The van der Waals surface area contributed by atoms with Gasteiger partial charge in [-0.05, 0) is 57.9 Å². The Labute approximate surface area is 249 Å². The summed E-state index contributed by atoms with van der Waals surface area (Å²) >= 11 is 0. The molecule has 0 bridgehead atoms. The van der Waals surface area contributed by atoms with Crippen LogP contribution in [0, 0.1) is 5.82 Å². The maximum absolute atomic E-state index is 14.9. The number of aromatic nitrogens is 3. The van der Waals surface area contributed by atoms with Gasteiger partial charge in [-0.2, -0.15) is 13.1 Å². The van der Waals surface area contributed by atoms with Crippen LogP contribution in [0.15, 0.2) is 61.1 Å². The molecule has 0 saturated carbocycles. The molecule has 14 heteroatoms. The van der Waals surface area contributed by atoms with E-state index in [9.17, 15) is 17.6 Å². The standard InChI is InChI=1S/C29H34FN7O5S/c1-29(2,3)42-28(38)35-43(39,40)34-19-12-15-36(16-13-19)23-10-6-5-9-21(23)32-26-27-31-14-17-37(27)18-22(33-26)25-20(30)8-7-11-24(25)41-4/h5-11,14,17-19,34H,12-13,15-16H2,1-4H3,(H,32,33)(H,35,38). The fraction of sp³-hybridized carbons (Fsp3) is 0.345. The van der Waals surface area contributed by atoms with E-state index >= 15 is 0 Å². The number of nitrogens with zero attached hydrogens (tertiary/aromatic N) is 4. The molecule has 12 nitrogen and oxygen atoms in total. The number of hydrogen-bond donors (Lipinski definition) is 3. The largest absolute Gasteiger partial charge is 0.496 e. The lowest BCUT2D eigenvalue weighted by Gasteiger charge is -2.35. The maximum Gasteiger partial charge on any atom is 0.422 e. The van der Waals surface area contributed by atoms with Crippen molar-refractivity contribution < 1.29 is 27.1 Å². The van der Waals surface area contributed by atoms with E-state index in [1.54, 1.807) is 55.9 Å². The number of halogens is 1. The molecule has 0 unspecified atom stereocenters. The third kappa shape index (κ3) is 7.14. The van der Waals surface area contributed by atoms with Gasteiger partial charge >= 0.3 is 16.3 Å². The molecular formula is C29H34FN7O5S. The summed E-state index contributed by atoms with van der Waals surface area (Å²) in [4.78, 5) is 23.3. The molecule has 1 amide bonds. The molecule has 0 radical (unpaired) electrons. The lowest BCUT2D eigenvalue weighted by Crippen LogP contribution is -2.50. The normalized spacial score (nSPS) is 14.5. The summed E-state index contributed by atoms with van der Waals surface area (Å²) in [5.41, 5.74) is 1.98. The molecule has 2 aromatic carbocycles. The van der Waals surface area contributed by atoms with Gasteiger partial charge in [-0.15, -0.1) is 0 Å². The molecule has 1 aliphatic heterocycles. The molecule has 1 aliphatic rings. The van der Waals surface area contributed by atoms with Crippen molar-refractivity contribution in [1.29, 1.82) is 0 Å². The van der Waals surface area contributed by atoms with Crippen LogP contribution in [0.3, 0.4) is 0 Å². The van der Waals surface area contributed by atoms with E-state index < -0.39 is 27.7 Å². The van der Waals surface area contributed by atoms with Crippen LogP contribution in [-0.4, -0.2) is 60.7 Å². The lowest BCUT2D eigenvalue weighted by atomic mass is 10.0. The minimum Gasteiger partial charge on any atom is -0.496 e. The number of para-hydroxylation sites is 2. The van der Waals surface area contributed by atoms with Gasteiger partial charge in [0, 0.05) is 37.7 Å². The van der Waals surface area contributed by atoms with Gasteiger partial charge in [-0.25, -0.2) is 23.9 Å². The van der Waals surface area contributed by atoms with Gasteiger partial charge in [0.2, 0.25) is 0 Å². The third-order valence-corrected chi connectivity index (χ3v) is 7.84. The Balaban J connectivity index is 1.33. The van der Waals surface area contributed by atoms with Crippen LogP contribution < -0.4 is 24.4 Å². The zero-order chi connectivity index (χ0) is 30.8. The van der Waals surface area contributed by atoms with Crippen molar-refractivity contribution in [2.45, 2.75) is 45.3 Å². The third-order valence-electron chi connectivity index (χ3n) is 6.76. The number of carbonyl (C=O) groups excluding carboxylic acids is 1. The SMILES string of the molecule is COc1cccc(F)c1-c1cn2ccnc2c(Nc2ccccc2N2CCC(NS(=O)(=O)NC(=O)OC(C)(C)C)CC2)n1. The summed E-state index contributed by atoms with van der Waals surface area (Å²) in [6, 6.07) is 11.9. The number of rotatable bonds is 8. The first-order valence-electron chi connectivity index (χ1n) is 13.7. The molecule has 5 rings (SSSR count). The number of carbonyl (C=O) groups is 1. The van der Waals surface area contributed by atoms with Crippen LogP contribution in [-0.2, 0) is 14.9 Å². The van der Waals surface area contributed by atoms with Crippen LogP contribution in [0.4, 0.5) is 26.4 Å². The predicted molar refractivity (Wildman–Crippen MR) is 161 cm³/mol. The van der Waals surface area contributed by atoms with Crippen LogP contribution in [0.5, 0.6) is 5.75 Å². The van der Waals surface area contributed by atoms with Crippen molar-refractivity contribution in [3.8, 4) is 17.0 Å². The highest BCUT2D eigenvalue weighted by molar-refractivity contribution is 7.88. The number of hydrogen-bond acceptors (Lipinski definition) is 9. The van der Waals surface area contributed by atoms with E-state index in [1.807, 2.05) is 29.0 Å². The molecule has 1 saturated heterocycles. The highest BCUT2D eigenvalue weighted by atomic mass is 32.2. The number of amides is 1. The highest BCUT2D eigenvalue weighted by Gasteiger charge is 2.27. The average molecular weight is 612 g/mol. The fourth-order valence-corrected chi connectivity index (χ4v) is 5.93. The Bertz CT molecular complexity index is 1730. The Kier molecular flexibility index (Phi) is 8.42. The van der Waals surface area contributed by atoms with E-state index in [-0.39, 0.29) is 11.6 Å². The number of piperidine rings is 1. The first-order chi connectivity index (χ1) is 20.4. The summed E-state index contributed by atoms with van der Waals surface area (Å²) in [7, 11) is -2.61. The molecule has 4 aromatic rings. The van der Waals surface area contributed by atoms with Crippen molar-refractivity contribution in [3.05, 3.63) is 66.9 Å². The number of imidazole rings is 1. The second kappa shape index (κ2) is 12.1. The van der Waals surface area contributed by atoms with Crippen LogP contribution in [0.1, 0.15) is 33.6 Å². The van der Waals surface area contributed by atoms with E-state index in [1.165, 1.54) is 13.2 Å². The quantitative estimate of drug-likeness (QED) is 0.261. The van der Waals surface area contributed by atoms with E-state index in [4.69, 9.17) is 14.5 Å². The zero-order valence-electron chi connectivity index (χ0n) is 24.3.